The first-order valence-corrected chi connectivity index (χ1v) is 3.59. The Balaban J connectivity index is 2.46. The first-order valence-electron chi connectivity index (χ1n) is 3.59. The minimum absolute atomic E-state index is 0.0347. The lowest BCUT2D eigenvalue weighted by Gasteiger charge is -2.11. The van der Waals surface area contributed by atoms with Crippen molar-refractivity contribution in [3.8, 4) is 0 Å². The van der Waals surface area contributed by atoms with Crippen LogP contribution < -0.4 is 5.73 Å². The van der Waals surface area contributed by atoms with Crippen LogP contribution in [0.3, 0.4) is 0 Å². The minimum atomic E-state index is -0.148. The lowest BCUT2D eigenvalue weighted by molar-refractivity contribution is -0.145. The maximum atomic E-state index is 10.9. The van der Waals surface area contributed by atoms with E-state index >= 15 is 0 Å². The van der Waals surface area contributed by atoms with E-state index in [-0.39, 0.29) is 17.9 Å². The summed E-state index contributed by atoms with van der Waals surface area (Å²) in [5.41, 5.74) is 5.65. The molecule has 0 amide bonds. The van der Waals surface area contributed by atoms with Crippen LogP contribution in [-0.2, 0) is 9.53 Å². The highest BCUT2D eigenvalue weighted by atomic mass is 16.5. The van der Waals surface area contributed by atoms with Gasteiger partial charge in [-0.05, 0) is 12.8 Å². The number of carbonyl (C=O) groups is 1. The molecular formula is C7H13NO2. The summed E-state index contributed by atoms with van der Waals surface area (Å²) in [6, 6.07) is 0.0347. The van der Waals surface area contributed by atoms with E-state index in [2.05, 4.69) is 4.74 Å². The fraction of sp³-hybridized carbons (Fsp3) is 0.857. The van der Waals surface area contributed by atoms with Gasteiger partial charge in [0, 0.05) is 6.04 Å². The summed E-state index contributed by atoms with van der Waals surface area (Å²) in [4.78, 5) is 10.9. The standard InChI is InChI=1S/C7H13NO2/c1-10-7(9)5-3-2-4-6(5)8/h5-6H,2-4,8H2,1H3/t5-,6-/m0/s1. The molecule has 0 heterocycles. The Morgan fingerprint density at radius 2 is 2.30 bits per heavy atom. The van der Waals surface area contributed by atoms with Crippen LogP contribution in [0.4, 0.5) is 0 Å². The lowest BCUT2D eigenvalue weighted by Crippen LogP contribution is -2.31. The second-order valence-corrected chi connectivity index (χ2v) is 2.72. The van der Waals surface area contributed by atoms with E-state index < -0.39 is 0 Å². The highest BCUT2D eigenvalue weighted by Gasteiger charge is 2.30. The Morgan fingerprint density at radius 1 is 1.60 bits per heavy atom. The summed E-state index contributed by atoms with van der Waals surface area (Å²) in [6.45, 7) is 0. The monoisotopic (exact) mass is 143 g/mol. The molecule has 0 aromatic heterocycles. The molecule has 0 unspecified atom stereocenters. The number of methoxy groups -OCH3 is 1. The van der Waals surface area contributed by atoms with E-state index in [0.29, 0.717) is 0 Å². The van der Waals surface area contributed by atoms with Gasteiger partial charge in [0.05, 0.1) is 13.0 Å². The predicted octanol–water partition coefficient (Wildman–Crippen LogP) is 0.287. The third kappa shape index (κ3) is 1.29. The van der Waals surface area contributed by atoms with Crippen molar-refractivity contribution in [3.05, 3.63) is 0 Å². The Morgan fingerprint density at radius 3 is 2.70 bits per heavy atom. The molecule has 1 fully saturated rings. The van der Waals surface area contributed by atoms with Crippen LogP contribution in [0, 0.1) is 5.92 Å². The number of nitrogens with two attached hydrogens (primary N) is 1. The molecule has 1 saturated carbocycles. The van der Waals surface area contributed by atoms with E-state index in [0.717, 1.165) is 19.3 Å². The zero-order chi connectivity index (χ0) is 7.56. The Bertz CT molecular complexity index is 136. The van der Waals surface area contributed by atoms with Crippen LogP contribution in [0.15, 0.2) is 0 Å². The van der Waals surface area contributed by atoms with E-state index in [1.807, 2.05) is 0 Å². The van der Waals surface area contributed by atoms with Crippen LogP contribution in [0.2, 0.25) is 0 Å². The van der Waals surface area contributed by atoms with Crippen molar-refractivity contribution >= 4 is 5.97 Å². The molecule has 0 radical (unpaired) electrons. The molecule has 10 heavy (non-hydrogen) atoms. The van der Waals surface area contributed by atoms with Crippen LogP contribution in [-0.4, -0.2) is 19.1 Å². The van der Waals surface area contributed by atoms with Gasteiger partial charge in [-0.3, -0.25) is 4.79 Å². The van der Waals surface area contributed by atoms with Crippen molar-refractivity contribution in [1.29, 1.82) is 0 Å². The molecule has 3 heteroatoms. The van der Waals surface area contributed by atoms with Gasteiger partial charge in [0.2, 0.25) is 0 Å². The van der Waals surface area contributed by atoms with Crippen molar-refractivity contribution in [2.75, 3.05) is 7.11 Å². The van der Waals surface area contributed by atoms with Crippen LogP contribution in [0.5, 0.6) is 0 Å². The molecule has 0 bridgehead atoms. The van der Waals surface area contributed by atoms with Crippen molar-refractivity contribution in [2.45, 2.75) is 25.3 Å². The van der Waals surface area contributed by atoms with Crippen LogP contribution >= 0.6 is 0 Å². The average Bonchev–Trinajstić information content (AvgIpc) is 2.34. The summed E-state index contributed by atoms with van der Waals surface area (Å²) in [7, 11) is 1.41. The van der Waals surface area contributed by atoms with E-state index in [1.54, 1.807) is 0 Å². The quantitative estimate of drug-likeness (QED) is 0.537. The molecular weight excluding hydrogens is 130 g/mol. The van der Waals surface area contributed by atoms with Gasteiger partial charge in [-0.2, -0.15) is 0 Å². The lowest BCUT2D eigenvalue weighted by atomic mass is 10.1. The molecule has 0 aromatic carbocycles. The molecule has 0 saturated heterocycles. The Hall–Kier alpha value is -0.570. The first kappa shape index (κ1) is 7.54. The maximum absolute atomic E-state index is 10.9. The number of hydrogen-bond donors (Lipinski definition) is 1. The summed E-state index contributed by atoms with van der Waals surface area (Å²) < 4.78 is 4.59. The molecule has 58 valence electrons. The van der Waals surface area contributed by atoms with Gasteiger partial charge in [0.15, 0.2) is 0 Å². The van der Waals surface area contributed by atoms with Crippen molar-refractivity contribution < 1.29 is 9.53 Å². The zero-order valence-corrected chi connectivity index (χ0v) is 6.17. The number of carbonyl (C=O) groups excluding carboxylic acids is 1. The van der Waals surface area contributed by atoms with E-state index in [4.69, 9.17) is 5.73 Å². The molecule has 1 aliphatic carbocycles. The van der Waals surface area contributed by atoms with Crippen molar-refractivity contribution in [1.82, 2.24) is 0 Å². The topological polar surface area (TPSA) is 52.3 Å². The van der Waals surface area contributed by atoms with E-state index in [1.165, 1.54) is 7.11 Å². The Labute approximate surface area is 60.5 Å². The van der Waals surface area contributed by atoms with Gasteiger partial charge in [-0.25, -0.2) is 0 Å². The number of rotatable bonds is 1. The molecule has 0 spiro atoms. The van der Waals surface area contributed by atoms with Crippen LogP contribution in [0.1, 0.15) is 19.3 Å². The zero-order valence-electron chi connectivity index (χ0n) is 6.17. The molecule has 1 rings (SSSR count). The first-order chi connectivity index (χ1) is 4.75. The Kier molecular flexibility index (Phi) is 2.27. The normalized spacial score (nSPS) is 32.2. The number of ether oxygens (including phenoxy) is 1. The summed E-state index contributed by atoms with van der Waals surface area (Å²) in [5, 5.41) is 0. The highest BCUT2D eigenvalue weighted by molar-refractivity contribution is 5.73. The maximum Gasteiger partial charge on any atom is 0.310 e. The second kappa shape index (κ2) is 3.01. The third-order valence-corrected chi connectivity index (χ3v) is 2.07. The second-order valence-electron chi connectivity index (χ2n) is 2.72. The number of esters is 1. The number of hydrogen-bond acceptors (Lipinski definition) is 3. The SMILES string of the molecule is COC(=O)[C@H]1CCC[C@@H]1N. The molecule has 0 aromatic rings. The van der Waals surface area contributed by atoms with Gasteiger partial charge >= 0.3 is 5.97 Å². The van der Waals surface area contributed by atoms with Gasteiger partial charge in [0.1, 0.15) is 0 Å². The molecule has 3 nitrogen and oxygen atoms in total. The molecule has 1 aliphatic rings. The molecule has 2 atom stereocenters. The van der Waals surface area contributed by atoms with Crippen molar-refractivity contribution in [3.63, 3.8) is 0 Å². The summed E-state index contributed by atoms with van der Waals surface area (Å²) in [6.07, 6.45) is 2.91. The largest absolute Gasteiger partial charge is 0.469 e. The smallest absolute Gasteiger partial charge is 0.310 e. The third-order valence-electron chi connectivity index (χ3n) is 2.07. The summed E-state index contributed by atoms with van der Waals surface area (Å²) in [5.74, 6) is -0.185. The fourth-order valence-electron chi connectivity index (χ4n) is 1.43. The van der Waals surface area contributed by atoms with E-state index in [9.17, 15) is 4.79 Å². The average molecular weight is 143 g/mol. The van der Waals surface area contributed by atoms with Gasteiger partial charge in [-0.1, -0.05) is 6.42 Å². The summed E-state index contributed by atoms with van der Waals surface area (Å²) >= 11 is 0. The van der Waals surface area contributed by atoms with Gasteiger partial charge in [-0.15, -0.1) is 0 Å². The van der Waals surface area contributed by atoms with Crippen LogP contribution in [0.25, 0.3) is 0 Å². The predicted molar refractivity (Wildman–Crippen MR) is 37.3 cm³/mol. The highest BCUT2D eigenvalue weighted by Crippen LogP contribution is 2.24. The fourth-order valence-corrected chi connectivity index (χ4v) is 1.43. The van der Waals surface area contributed by atoms with Gasteiger partial charge in [0.25, 0.3) is 0 Å². The van der Waals surface area contributed by atoms with Gasteiger partial charge < -0.3 is 10.5 Å². The molecule has 2 N–H and O–H groups in total. The molecule has 0 aliphatic heterocycles. The minimum Gasteiger partial charge on any atom is -0.469 e. The van der Waals surface area contributed by atoms with Crippen molar-refractivity contribution in [2.24, 2.45) is 11.7 Å².